The van der Waals surface area contributed by atoms with Gasteiger partial charge in [-0.05, 0) is 50.0 Å². The predicted octanol–water partition coefficient (Wildman–Crippen LogP) is 2.67. The summed E-state index contributed by atoms with van der Waals surface area (Å²) in [4.78, 5) is 14.4. The quantitative estimate of drug-likeness (QED) is 0.851. The van der Waals surface area contributed by atoms with Gasteiger partial charge in [-0.1, -0.05) is 0 Å². The first-order valence-corrected chi connectivity index (χ1v) is 7.24. The number of fused-ring (bicyclic) bond motifs is 3. The van der Waals surface area contributed by atoms with E-state index in [2.05, 4.69) is 10.2 Å². The number of rotatable bonds is 2. The fraction of sp³-hybridized carbons (Fsp3) is 0.533. The first-order chi connectivity index (χ1) is 10.3. The van der Waals surface area contributed by atoms with Crippen LogP contribution in [-0.4, -0.2) is 36.5 Å². The topological polar surface area (TPSA) is 32.3 Å². The van der Waals surface area contributed by atoms with Crippen molar-refractivity contribution < 1.29 is 22.4 Å². The van der Waals surface area contributed by atoms with Crippen LogP contribution >= 0.6 is 0 Å². The summed E-state index contributed by atoms with van der Waals surface area (Å²) in [5, 5.41) is 2.76. The molecule has 2 bridgehead atoms. The van der Waals surface area contributed by atoms with Crippen LogP contribution in [0.4, 0.5) is 17.6 Å². The molecule has 3 nitrogen and oxygen atoms in total. The molecule has 7 heteroatoms. The summed E-state index contributed by atoms with van der Waals surface area (Å²) in [6.07, 6.45) is -2.65. The van der Waals surface area contributed by atoms with Crippen LogP contribution in [0, 0.1) is 11.7 Å². The van der Waals surface area contributed by atoms with Crippen molar-refractivity contribution in [2.75, 3.05) is 19.6 Å². The van der Waals surface area contributed by atoms with Crippen molar-refractivity contribution in [3.05, 3.63) is 35.1 Å². The summed E-state index contributed by atoms with van der Waals surface area (Å²) >= 11 is 0. The smallest absolute Gasteiger partial charge is 0.348 e. The van der Waals surface area contributed by atoms with E-state index in [4.69, 9.17) is 0 Å². The average molecular weight is 316 g/mol. The van der Waals surface area contributed by atoms with Gasteiger partial charge in [-0.3, -0.25) is 4.79 Å². The van der Waals surface area contributed by atoms with E-state index in [1.165, 1.54) is 0 Å². The molecule has 1 aromatic rings. The summed E-state index contributed by atoms with van der Waals surface area (Å²) in [6.45, 7) is 2.73. The van der Waals surface area contributed by atoms with Gasteiger partial charge in [-0.25, -0.2) is 4.39 Å². The van der Waals surface area contributed by atoms with Crippen LogP contribution in [0.15, 0.2) is 18.2 Å². The van der Waals surface area contributed by atoms with Gasteiger partial charge in [0.25, 0.3) is 5.91 Å². The van der Waals surface area contributed by atoms with Crippen molar-refractivity contribution in [1.82, 2.24) is 10.2 Å². The highest BCUT2D eigenvalue weighted by Crippen LogP contribution is 2.31. The van der Waals surface area contributed by atoms with E-state index in [0.29, 0.717) is 12.0 Å². The largest absolute Gasteiger partial charge is 0.416 e. The van der Waals surface area contributed by atoms with E-state index in [-0.39, 0.29) is 11.6 Å². The van der Waals surface area contributed by atoms with Crippen molar-refractivity contribution in [3.8, 4) is 0 Å². The highest BCUT2D eigenvalue weighted by atomic mass is 19.4. The molecule has 0 radical (unpaired) electrons. The predicted molar refractivity (Wildman–Crippen MR) is 71.8 cm³/mol. The molecule has 4 rings (SSSR count). The number of benzene rings is 1. The fourth-order valence-electron chi connectivity index (χ4n) is 3.25. The first-order valence-electron chi connectivity index (χ1n) is 7.24. The Morgan fingerprint density at radius 2 is 1.91 bits per heavy atom. The maximum atomic E-state index is 13.8. The Labute approximate surface area is 125 Å². The molecule has 3 heterocycles. The van der Waals surface area contributed by atoms with Crippen LogP contribution < -0.4 is 5.32 Å². The lowest BCUT2D eigenvalue weighted by Crippen LogP contribution is -2.57. The second kappa shape index (κ2) is 5.53. The number of nitrogens with one attached hydrogen (secondary N) is 1. The van der Waals surface area contributed by atoms with E-state index in [1.807, 2.05) is 0 Å². The van der Waals surface area contributed by atoms with Gasteiger partial charge in [-0.15, -0.1) is 0 Å². The molecule has 3 aliphatic heterocycles. The molecule has 1 amide bonds. The minimum atomic E-state index is -4.62. The van der Waals surface area contributed by atoms with Gasteiger partial charge in [-0.2, -0.15) is 13.2 Å². The summed E-state index contributed by atoms with van der Waals surface area (Å²) in [7, 11) is 0. The highest BCUT2D eigenvalue weighted by Gasteiger charge is 2.36. The van der Waals surface area contributed by atoms with E-state index < -0.39 is 23.5 Å². The zero-order chi connectivity index (χ0) is 15.9. The Bertz CT molecular complexity index is 579. The van der Waals surface area contributed by atoms with Gasteiger partial charge in [0, 0.05) is 12.6 Å². The molecule has 0 spiro atoms. The summed E-state index contributed by atoms with van der Waals surface area (Å²) < 4.78 is 51.3. The zero-order valence-corrected chi connectivity index (χ0v) is 11.8. The molecular weight excluding hydrogens is 300 g/mol. The Balaban J connectivity index is 1.73. The average Bonchev–Trinajstić information content (AvgIpc) is 2.47. The third-order valence-electron chi connectivity index (χ3n) is 4.51. The van der Waals surface area contributed by atoms with E-state index in [0.717, 1.165) is 44.6 Å². The Hall–Kier alpha value is -1.63. The van der Waals surface area contributed by atoms with Gasteiger partial charge in [0.15, 0.2) is 0 Å². The molecule has 1 aromatic carbocycles. The number of nitrogens with zero attached hydrogens (tertiary/aromatic N) is 1. The van der Waals surface area contributed by atoms with E-state index in [1.54, 1.807) is 0 Å². The number of hydrogen-bond donors (Lipinski definition) is 1. The van der Waals surface area contributed by atoms with Crippen molar-refractivity contribution in [1.29, 1.82) is 0 Å². The third kappa shape index (κ3) is 2.95. The molecule has 3 aliphatic rings. The fourth-order valence-corrected chi connectivity index (χ4v) is 3.25. The first kappa shape index (κ1) is 15.3. The number of halogens is 4. The molecular formula is C15H16F4N2O. The summed E-state index contributed by atoms with van der Waals surface area (Å²) in [5.74, 6) is -1.43. The van der Waals surface area contributed by atoms with E-state index >= 15 is 0 Å². The number of carbonyl (C=O) groups excluding carboxylic acids is 1. The molecule has 0 saturated carbocycles. The lowest BCUT2D eigenvalue weighted by Gasteiger charge is -2.44. The lowest BCUT2D eigenvalue weighted by atomic mass is 9.84. The van der Waals surface area contributed by atoms with Crippen molar-refractivity contribution in [2.24, 2.45) is 5.92 Å². The van der Waals surface area contributed by atoms with Crippen LogP contribution in [0.5, 0.6) is 0 Å². The summed E-state index contributed by atoms with van der Waals surface area (Å²) in [6, 6.07) is 1.94. The molecule has 0 aliphatic carbocycles. The molecule has 0 aromatic heterocycles. The van der Waals surface area contributed by atoms with Gasteiger partial charge < -0.3 is 10.2 Å². The van der Waals surface area contributed by atoms with Crippen LogP contribution in [0.2, 0.25) is 0 Å². The molecule has 3 saturated heterocycles. The Kier molecular flexibility index (Phi) is 3.84. The van der Waals surface area contributed by atoms with Gasteiger partial charge >= 0.3 is 6.18 Å². The normalized spacial score (nSPS) is 27.7. The molecule has 1 N–H and O–H groups in total. The van der Waals surface area contributed by atoms with Crippen LogP contribution in [0.25, 0.3) is 0 Å². The van der Waals surface area contributed by atoms with Gasteiger partial charge in [0.1, 0.15) is 5.82 Å². The van der Waals surface area contributed by atoms with Gasteiger partial charge in [0.05, 0.1) is 11.1 Å². The number of hydrogen-bond acceptors (Lipinski definition) is 2. The maximum Gasteiger partial charge on any atom is 0.416 e. The van der Waals surface area contributed by atoms with Crippen LogP contribution in [-0.2, 0) is 6.18 Å². The number of amides is 1. The third-order valence-corrected chi connectivity index (χ3v) is 4.51. The molecule has 120 valence electrons. The molecule has 1 atom stereocenters. The Morgan fingerprint density at radius 1 is 1.23 bits per heavy atom. The monoisotopic (exact) mass is 316 g/mol. The number of alkyl halides is 3. The van der Waals surface area contributed by atoms with Crippen LogP contribution in [0.3, 0.4) is 0 Å². The molecule has 0 unspecified atom stereocenters. The van der Waals surface area contributed by atoms with E-state index in [9.17, 15) is 22.4 Å². The minimum absolute atomic E-state index is 0.0586. The number of carbonyl (C=O) groups is 1. The lowest BCUT2D eigenvalue weighted by molar-refractivity contribution is -0.137. The standard InChI is InChI=1S/C15H16F4N2O/c16-12-7-10(15(17,18)19)1-2-11(12)14(22)20-13-8-21-5-3-9(13)4-6-21/h1-2,7,9,13H,3-6,8H2,(H,20,22)/t13-/m0/s1. The Morgan fingerprint density at radius 3 is 2.41 bits per heavy atom. The molecule has 22 heavy (non-hydrogen) atoms. The van der Waals surface area contributed by atoms with Crippen molar-refractivity contribution in [3.63, 3.8) is 0 Å². The van der Waals surface area contributed by atoms with Crippen molar-refractivity contribution >= 4 is 5.91 Å². The van der Waals surface area contributed by atoms with Crippen molar-refractivity contribution in [2.45, 2.75) is 25.1 Å². The second-order valence-corrected chi connectivity index (χ2v) is 5.91. The molecule has 3 fully saturated rings. The zero-order valence-electron chi connectivity index (χ0n) is 11.8. The maximum absolute atomic E-state index is 13.8. The second-order valence-electron chi connectivity index (χ2n) is 5.91. The minimum Gasteiger partial charge on any atom is -0.348 e. The van der Waals surface area contributed by atoms with Gasteiger partial charge in [0.2, 0.25) is 0 Å². The summed E-state index contributed by atoms with van der Waals surface area (Å²) in [5.41, 5.74) is -1.44. The highest BCUT2D eigenvalue weighted by molar-refractivity contribution is 5.94. The van der Waals surface area contributed by atoms with Crippen LogP contribution in [0.1, 0.15) is 28.8 Å². The number of piperidine rings is 3. The SMILES string of the molecule is O=C(N[C@H]1CN2CCC1CC2)c1ccc(C(F)(F)F)cc1F.